The molecule has 1 aromatic carbocycles. The number of carboxylic acid groups (broad SMARTS) is 1. The lowest BCUT2D eigenvalue weighted by Gasteiger charge is -2.14. The Morgan fingerprint density at radius 2 is 2.12 bits per heavy atom. The van der Waals surface area contributed by atoms with Crippen LogP contribution in [0.5, 0.6) is 0 Å². The van der Waals surface area contributed by atoms with Gasteiger partial charge in [0.25, 0.3) is 5.91 Å². The van der Waals surface area contributed by atoms with E-state index in [0.717, 1.165) is 16.7 Å². The summed E-state index contributed by atoms with van der Waals surface area (Å²) in [6, 6.07) is 9.58. The average Bonchev–Trinajstić information content (AvgIpc) is 2.99. The number of thiophene rings is 1. The van der Waals surface area contributed by atoms with Crippen molar-refractivity contribution < 1.29 is 19.4 Å². The highest BCUT2D eigenvalue weighted by atomic mass is 32.1. The van der Waals surface area contributed by atoms with Crippen molar-refractivity contribution in [2.45, 2.75) is 20.0 Å². The summed E-state index contributed by atoms with van der Waals surface area (Å²) >= 11 is 1.32. The van der Waals surface area contributed by atoms with Crippen molar-refractivity contribution in [3.63, 3.8) is 0 Å². The number of amides is 1. The van der Waals surface area contributed by atoms with Gasteiger partial charge < -0.3 is 15.2 Å². The fourth-order valence-corrected chi connectivity index (χ4v) is 3.30. The number of rotatable bonds is 8. The predicted octanol–water partition coefficient (Wildman–Crippen LogP) is 2.88. The summed E-state index contributed by atoms with van der Waals surface area (Å²) in [5, 5.41) is 14.0. The summed E-state index contributed by atoms with van der Waals surface area (Å²) in [6.07, 6.45) is 0.382. The van der Waals surface area contributed by atoms with Crippen LogP contribution in [0.25, 0.3) is 0 Å². The summed E-state index contributed by atoms with van der Waals surface area (Å²) in [6.45, 7) is 2.42. The second kappa shape index (κ2) is 8.61. The van der Waals surface area contributed by atoms with Gasteiger partial charge in [0.15, 0.2) is 0 Å². The fraction of sp³-hybridized carbons (Fsp3) is 0.333. The van der Waals surface area contributed by atoms with E-state index in [-0.39, 0.29) is 12.5 Å². The van der Waals surface area contributed by atoms with E-state index in [2.05, 4.69) is 5.32 Å². The Balaban J connectivity index is 1.99. The molecule has 1 atom stereocenters. The summed E-state index contributed by atoms with van der Waals surface area (Å²) in [7, 11) is 1.57. The van der Waals surface area contributed by atoms with Gasteiger partial charge in [0.05, 0.1) is 17.4 Å². The van der Waals surface area contributed by atoms with Crippen LogP contribution in [0.2, 0.25) is 0 Å². The van der Waals surface area contributed by atoms with E-state index in [4.69, 9.17) is 4.74 Å². The second-order valence-corrected chi connectivity index (χ2v) is 6.56. The first-order valence-electron chi connectivity index (χ1n) is 7.63. The highest BCUT2D eigenvalue weighted by molar-refractivity contribution is 7.12. The van der Waals surface area contributed by atoms with Gasteiger partial charge in [-0.2, -0.15) is 0 Å². The monoisotopic (exact) mass is 347 g/mol. The van der Waals surface area contributed by atoms with Gasteiger partial charge in [-0.1, -0.05) is 29.8 Å². The van der Waals surface area contributed by atoms with E-state index in [1.807, 2.05) is 42.6 Å². The van der Waals surface area contributed by atoms with Gasteiger partial charge in [0.2, 0.25) is 0 Å². The van der Waals surface area contributed by atoms with E-state index in [1.165, 1.54) is 11.3 Å². The molecule has 0 aliphatic heterocycles. The first kappa shape index (κ1) is 18.2. The highest BCUT2D eigenvalue weighted by Gasteiger charge is 2.21. The number of ether oxygens (including phenoxy) is 1. The Morgan fingerprint density at radius 1 is 1.33 bits per heavy atom. The van der Waals surface area contributed by atoms with E-state index < -0.39 is 11.9 Å². The molecule has 2 N–H and O–H groups in total. The molecule has 0 fully saturated rings. The number of methoxy groups -OCH3 is 1. The lowest BCUT2D eigenvalue weighted by molar-refractivity contribution is -0.141. The zero-order valence-corrected chi connectivity index (χ0v) is 14.6. The Labute approximate surface area is 145 Å². The van der Waals surface area contributed by atoms with Crippen molar-refractivity contribution in [2.75, 3.05) is 13.7 Å². The molecule has 1 heterocycles. The Morgan fingerprint density at radius 3 is 2.79 bits per heavy atom. The highest BCUT2D eigenvalue weighted by Crippen LogP contribution is 2.18. The minimum absolute atomic E-state index is 0.0897. The molecule has 2 rings (SSSR count). The Hall–Kier alpha value is -2.18. The van der Waals surface area contributed by atoms with E-state index in [0.29, 0.717) is 17.9 Å². The van der Waals surface area contributed by atoms with Crippen LogP contribution in [0, 0.1) is 12.8 Å². The van der Waals surface area contributed by atoms with E-state index in [1.54, 1.807) is 7.11 Å². The van der Waals surface area contributed by atoms with Gasteiger partial charge in [-0.25, -0.2) is 0 Å². The summed E-state index contributed by atoms with van der Waals surface area (Å²) < 4.78 is 5.06. The summed E-state index contributed by atoms with van der Waals surface area (Å²) in [5.74, 6) is -1.84. The maximum Gasteiger partial charge on any atom is 0.308 e. The molecular weight excluding hydrogens is 326 g/mol. The van der Waals surface area contributed by atoms with Crippen LogP contribution in [0.15, 0.2) is 35.7 Å². The van der Waals surface area contributed by atoms with Gasteiger partial charge in [0.1, 0.15) is 0 Å². The third kappa shape index (κ3) is 4.91. The van der Waals surface area contributed by atoms with Crippen molar-refractivity contribution in [2.24, 2.45) is 5.92 Å². The van der Waals surface area contributed by atoms with Crippen LogP contribution >= 0.6 is 11.3 Å². The molecule has 0 saturated carbocycles. The topological polar surface area (TPSA) is 75.6 Å². The zero-order valence-electron chi connectivity index (χ0n) is 13.7. The SMILES string of the molecule is COCc1ccsc1C(=O)NCC(Cc1cccc(C)c1)C(=O)O. The van der Waals surface area contributed by atoms with Crippen molar-refractivity contribution in [3.8, 4) is 0 Å². The summed E-state index contributed by atoms with van der Waals surface area (Å²) in [5.41, 5.74) is 2.85. The third-order valence-corrected chi connectivity index (χ3v) is 4.63. The lowest BCUT2D eigenvalue weighted by Crippen LogP contribution is -2.34. The smallest absolute Gasteiger partial charge is 0.308 e. The predicted molar refractivity (Wildman–Crippen MR) is 93.4 cm³/mol. The molecule has 1 aromatic heterocycles. The lowest BCUT2D eigenvalue weighted by atomic mass is 9.98. The zero-order chi connectivity index (χ0) is 17.5. The minimum Gasteiger partial charge on any atom is -0.481 e. The molecule has 1 unspecified atom stereocenters. The van der Waals surface area contributed by atoms with Gasteiger partial charge >= 0.3 is 5.97 Å². The number of nitrogens with one attached hydrogen (secondary N) is 1. The molecule has 0 radical (unpaired) electrons. The van der Waals surface area contributed by atoms with Crippen LogP contribution in [-0.4, -0.2) is 30.6 Å². The molecule has 128 valence electrons. The molecule has 0 aliphatic rings. The molecule has 0 aliphatic carbocycles. The number of carbonyl (C=O) groups excluding carboxylic acids is 1. The van der Waals surface area contributed by atoms with E-state index in [9.17, 15) is 14.7 Å². The molecular formula is C18H21NO4S. The van der Waals surface area contributed by atoms with Crippen LogP contribution in [0.3, 0.4) is 0 Å². The standard InChI is InChI=1S/C18H21NO4S/c1-12-4-3-5-13(8-12)9-15(18(21)22)10-19-17(20)16-14(11-23-2)6-7-24-16/h3-8,15H,9-11H2,1-2H3,(H,19,20)(H,21,22). The van der Waals surface area contributed by atoms with E-state index >= 15 is 0 Å². The van der Waals surface area contributed by atoms with Crippen molar-refractivity contribution in [3.05, 3.63) is 57.3 Å². The van der Waals surface area contributed by atoms with Crippen LogP contribution in [-0.2, 0) is 22.6 Å². The molecule has 24 heavy (non-hydrogen) atoms. The molecule has 0 saturated heterocycles. The number of aryl methyl sites for hydroxylation is 1. The first-order chi connectivity index (χ1) is 11.5. The number of carboxylic acids is 1. The van der Waals surface area contributed by atoms with Crippen LogP contribution in [0.1, 0.15) is 26.4 Å². The number of aliphatic carboxylic acids is 1. The Bertz CT molecular complexity index is 711. The van der Waals surface area contributed by atoms with Crippen molar-refractivity contribution in [1.82, 2.24) is 5.32 Å². The van der Waals surface area contributed by atoms with Crippen molar-refractivity contribution >= 4 is 23.2 Å². The normalized spacial score (nSPS) is 11.9. The van der Waals surface area contributed by atoms with Gasteiger partial charge in [0, 0.05) is 19.2 Å². The quantitative estimate of drug-likeness (QED) is 0.770. The van der Waals surface area contributed by atoms with Gasteiger partial charge in [-0.05, 0) is 30.4 Å². The molecule has 1 amide bonds. The van der Waals surface area contributed by atoms with Crippen LogP contribution in [0.4, 0.5) is 0 Å². The number of hydrogen-bond donors (Lipinski definition) is 2. The number of hydrogen-bond acceptors (Lipinski definition) is 4. The maximum atomic E-state index is 12.3. The molecule has 2 aromatic rings. The second-order valence-electron chi connectivity index (χ2n) is 5.65. The molecule has 5 nitrogen and oxygen atoms in total. The fourth-order valence-electron chi connectivity index (χ4n) is 2.47. The Kier molecular flexibility index (Phi) is 6.52. The van der Waals surface area contributed by atoms with Crippen LogP contribution < -0.4 is 5.32 Å². The molecule has 0 spiro atoms. The minimum atomic E-state index is -0.917. The molecule has 6 heteroatoms. The van der Waals surface area contributed by atoms with Crippen molar-refractivity contribution in [1.29, 1.82) is 0 Å². The molecule has 0 bridgehead atoms. The largest absolute Gasteiger partial charge is 0.481 e. The van der Waals surface area contributed by atoms with Gasteiger partial charge in [-0.15, -0.1) is 11.3 Å². The summed E-state index contributed by atoms with van der Waals surface area (Å²) in [4.78, 5) is 24.3. The average molecular weight is 347 g/mol. The third-order valence-electron chi connectivity index (χ3n) is 3.68. The number of carbonyl (C=O) groups is 2. The first-order valence-corrected chi connectivity index (χ1v) is 8.51. The number of benzene rings is 1. The maximum absolute atomic E-state index is 12.3. The van der Waals surface area contributed by atoms with Gasteiger partial charge in [-0.3, -0.25) is 9.59 Å².